The van der Waals surface area contributed by atoms with Crippen molar-refractivity contribution in [2.24, 2.45) is 0 Å². The fraction of sp³-hybridized carbons (Fsp3) is 0.176. The highest BCUT2D eigenvalue weighted by Gasteiger charge is 2.18. The average molecular weight is 319 g/mol. The summed E-state index contributed by atoms with van der Waals surface area (Å²) in [5.74, 6) is 1.50. The lowest BCUT2D eigenvalue weighted by Gasteiger charge is -2.13. The number of halogens is 1. The fourth-order valence-corrected chi connectivity index (χ4v) is 3.75. The van der Waals surface area contributed by atoms with E-state index in [0.29, 0.717) is 0 Å². The van der Waals surface area contributed by atoms with E-state index in [-0.39, 0.29) is 5.38 Å². The van der Waals surface area contributed by atoms with Crippen LogP contribution in [0.25, 0.3) is 10.1 Å². The molecule has 0 saturated heterocycles. The van der Waals surface area contributed by atoms with Gasteiger partial charge in [0.05, 0.1) is 19.6 Å². The average Bonchev–Trinajstić information content (AvgIpc) is 2.97. The fourth-order valence-electron chi connectivity index (χ4n) is 2.31. The topological polar surface area (TPSA) is 18.5 Å². The second-order valence-electron chi connectivity index (χ2n) is 4.66. The number of rotatable bonds is 4. The second kappa shape index (κ2) is 5.96. The summed E-state index contributed by atoms with van der Waals surface area (Å²) in [5.41, 5.74) is 0.950. The second-order valence-corrected chi connectivity index (χ2v) is 6.21. The van der Waals surface area contributed by atoms with Gasteiger partial charge in [-0.3, -0.25) is 0 Å². The SMILES string of the molecule is COc1ccc(C(Cl)c2cc3ccccc3s2)c(OC)c1. The Kier molecular flexibility index (Phi) is 4.04. The summed E-state index contributed by atoms with van der Waals surface area (Å²) in [4.78, 5) is 1.11. The zero-order valence-corrected chi connectivity index (χ0v) is 13.4. The zero-order chi connectivity index (χ0) is 14.8. The lowest BCUT2D eigenvalue weighted by molar-refractivity contribution is 0.391. The van der Waals surface area contributed by atoms with Gasteiger partial charge < -0.3 is 9.47 Å². The van der Waals surface area contributed by atoms with E-state index in [0.717, 1.165) is 21.9 Å². The third-order valence-corrected chi connectivity index (χ3v) is 5.19. The number of alkyl halides is 1. The standard InChI is InChI=1S/C17H15ClO2S/c1-19-12-7-8-13(14(10-12)20-2)17(18)16-9-11-5-3-4-6-15(11)21-16/h3-10,17H,1-2H3. The number of hydrogen-bond donors (Lipinski definition) is 0. The molecule has 0 spiro atoms. The van der Waals surface area contributed by atoms with Crippen molar-refractivity contribution < 1.29 is 9.47 Å². The van der Waals surface area contributed by atoms with Crippen LogP contribution < -0.4 is 9.47 Å². The highest BCUT2D eigenvalue weighted by atomic mass is 35.5. The Bertz CT molecular complexity index is 733. The Morgan fingerprint density at radius 3 is 2.52 bits per heavy atom. The molecule has 1 unspecified atom stereocenters. The van der Waals surface area contributed by atoms with E-state index in [1.807, 2.05) is 30.3 Å². The van der Waals surface area contributed by atoms with Crippen LogP contribution in [-0.2, 0) is 0 Å². The summed E-state index contributed by atoms with van der Waals surface area (Å²) in [6.45, 7) is 0. The summed E-state index contributed by atoms with van der Waals surface area (Å²) < 4.78 is 11.9. The first-order valence-corrected chi connectivity index (χ1v) is 7.82. The third kappa shape index (κ3) is 2.71. The van der Waals surface area contributed by atoms with E-state index in [4.69, 9.17) is 21.1 Å². The molecule has 3 aromatic rings. The van der Waals surface area contributed by atoms with Gasteiger partial charge >= 0.3 is 0 Å². The molecule has 0 N–H and O–H groups in total. The van der Waals surface area contributed by atoms with Gasteiger partial charge in [-0.25, -0.2) is 0 Å². The minimum atomic E-state index is -0.233. The van der Waals surface area contributed by atoms with Crippen LogP contribution >= 0.6 is 22.9 Å². The van der Waals surface area contributed by atoms with Crippen molar-refractivity contribution in [1.82, 2.24) is 0 Å². The molecule has 0 aliphatic rings. The maximum atomic E-state index is 6.67. The molecule has 0 amide bonds. The summed E-state index contributed by atoms with van der Waals surface area (Å²) in [7, 11) is 3.28. The van der Waals surface area contributed by atoms with Crippen LogP contribution in [0.3, 0.4) is 0 Å². The summed E-state index contributed by atoms with van der Waals surface area (Å²) in [5, 5.41) is 0.985. The largest absolute Gasteiger partial charge is 0.497 e. The molecule has 4 heteroatoms. The molecule has 108 valence electrons. The van der Waals surface area contributed by atoms with Gasteiger partial charge in [-0.15, -0.1) is 22.9 Å². The van der Waals surface area contributed by atoms with Crippen molar-refractivity contribution in [3.8, 4) is 11.5 Å². The van der Waals surface area contributed by atoms with Crippen molar-refractivity contribution in [2.45, 2.75) is 5.38 Å². The van der Waals surface area contributed by atoms with E-state index in [1.165, 1.54) is 10.1 Å². The van der Waals surface area contributed by atoms with E-state index >= 15 is 0 Å². The molecule has 2 nitrogen and oxygen atoms in total. The minimum absolute atomic E-state index is 0.233. The molecular formula is C17H15ClO2S. The molecule has 0 bridgehead atoms. The van der Waals surface area contributed by atoms with Crippen molar-refractivity contribution in [2.75, 3.05) is 14.2 Å². The molecule has 1 heterocycles. The maximum Gasteiger partial charge on any atom is 0.127 e. The van der Waals surface area contributed by atoms with Gasteiger partial charge in [0, 0.05) is 21.2 Å². The van der Waals surface area contributed by atoms with Crippen molar-refractivity contribution in [1.29, 1.82) is 0 Å². The number of hydrogen-bond acceptors (Lipinski definition) is 3. The monoisotopic (exact) mass is 318 g/mol. The minimum Gasteiger partial charge on any atom is -0.497 e. The van der Waals surface area contributed by atoms with Gasteiger partial charge in [0.25, 0.3) is 0 Å². The molecule has 3 rings (SSSR count). The molecule has 0 aliphatic carbocycles. The number of fused-ring (bicyclic) bond motifs is 1. The quantitative estimate of drug-likeness (QED) is 0.612. The highest BCUT2D eigenvalue weighted by Crippen LogP contribution is 2.41. The predicted molar refractivity (Wildman–Crippen MR) is 89.1 cm³/mol. The van der Waals surface area contributed by atoms with Gasteiger partial charge in [-0.2, -0.15) is 0 Å². The van der Waals surface area contributed by atoms with E-state index in [2.05, 4.69) is 18.2 Å². The summed E-state index contributed by atoms with van der Waals surface area (Å²) >= 11 is 8.38. The molecule has 2 aromatic carbocycles. The highest BCUT2D eigenvalue weighted by molar-refractivity contribution is 7.19. The van der Waals surface area contributed by atoms with Crippen molar-refractivity contribution >= 4 is 33.0 Å². The first-order chi connectivity index (χ1) is 10.2. The van der Waals surface area contributed by atoms with E-state index in [9.17, 15) is 0 Å². The van der Waals surface area contributed by atoms with Crippen LogP contribution in [0.4, 0.5) is 0 Å². The Balaban J connectivity index is 2.02. The molecule has 21 heavy (non-hydrogen) atoms. The molecular weight excluding hydrogens is 304 g/mol. The molecule has 0 fully saturated rings. The van der Waals surface area contributed by atoms with Crippen LogP contribution in [0.5, 0.6) is 11.5 Å². The lowest BCUT2D eigenvalue weighted by atomic mass is 10.1. The molecule has 1 atom stereocenters. The van der Waals surface area contributed by atoms with Crippen LogP contribution in [0.2, 0.25) is 0 Å². The summed E-state index contributed by atoms with van der Waals surface area (Å²) in [6, 6.07) is 16.2. The lowest BCUT2D eigenvalue weighted by Crippen LogP contribution is -1.96. The van der Waals surface area contributed by atoms with Crippen LogP contribution in [-0.4, -0.2) is 14.2 Å². The van der Waals surface area contributed by atoms with Crippen LogP contribution in [0.15, 0.2) is 48.5 Å². The van der Waals surface area contributed by atoms with Gasteiger partial charge in [0.1, 0.15) is 11.5 Å². The Hall–Kier alpha value is -1.71. The molecule has 0 radical (unpaired) electrons. The Labute approximate surface area is 132 Å². The Morgan fingerprint density at radius 2 is 1.81 bits per heavy atom. The third-order valence-electron chi connectivity index (χ3n) is 3.41. The van der Waals surface area contributed by atoms with Crippen molar-refractivity contribution in [3.63, 3.8) is 0 Å². The van der Waals surface area contributed by atoms with Gasteiger partial charge in [0.15, 0.2) is 0 Å². The first-order valence-electron chi connectivity index (χ1n) is 6.57. The molecule has 0 aliphatic heterocycles. The van der Waals surface area contributed by atoms with Crippen LogP contribution in [0, 0.1) is 0 Å². The number of benzene rings is 2. The maximum absolute atomic E-state index is 6.67. The van der Waals surface area contributed by atoms with Crippen molar-refractivity contribution in [3.05, 3.63) is 59.0 Å². The zero-order valence-electron chi connectivity index (χ0n) is 11.8. The van der Waals surface area contributed by atoms with E-state index < -0.39 is 0 Å². The Morgan fingerprint density at radius 1 is 1.00 bits per heavy atom. The number of methoxy groups -OCH3 is 2. The van der Waals surface area contributed by atoms with Gasteiger partial charge in [0.2, 0.25) is 0 Å². The number of ether oxygens (including phenoxy) is 2. The van der Waals surface area contributed by atoms with E-state index in [1.54, 1.807) is 25.6 Å². The summed E-state index contributed by atoms with van der Waals surface area (Å²) in [6.07, 6.45) is 0. The van der Waals surface area contributed by atoms with Gasteiger partial charge in [-0.1, -0.05) is 18.2 Å². The predicted octanol–water partition coefficient (Wildman–Crippen LogP) is 5.25. The normalized spacial score (nSPS) is 12.3. The molecule has 0 saturated carbocycles. The smallest absolute Gasteiger partial charge is 0.127 e. The van der Waals surface area contributed by atoms with Crippen LogP contribution in [0.1, 0.15) is 15.8 Å². The number of thiophene rings is 1. The molecule has 1 aromatic heterocycles. The van der Waals surface area contributed by atoms with Gasteiger partial charge in [-0.05, 0) is 29.7 Å². The first kappa shape index (κ1) is 14.2.